The molecular formula is C28H24ClN7OS. The molecule has 8 nitrogen and oxygen atoms in total. The second kappa shape index (κ2) is 11.5. The second-order valence-electron chi connectivity index (χ2n) is 8.52. The van der Waals surface area contributed by atoms with Crippen molar-refractivity contribution in [3.05, 3.63) is 113 Å². The summed E-state index contributed by atoms with van der Waals surface area (Å²) in [6, 6.07) is 26.5. The highest BCUT2D eigenvalue weighted by Gasteiger charge is 2.22. The van der Waals surface area contributed by atoms with Gasteiger partial charge in [-0.1, -0.05) is 46.8 Å². The third kappa shape index (κ3) is 6.19. The Morgan fingerprint density at radius 1 is 0.868 bits per heavy atom. The average Bonchev–Trinajstić information content (AvgIpc) is 3.33. The van der Waals surface area contributed by atoms with Crippen LogP contribution in [0.25, 0.3) is 5.69 Å². The number of aromatic nitrogens is 5. The largest absolute Gasteiger partial charge is 0.356 e. The Labute approximate surface area is 229 Å². The first-order valence-corrected chi connectivity index (χ1v) is 13.2. The second-order valence-corrected chi connectivity index (χ2v) is 9.90. The molecule has 0 radical (unpaired) electrons. The fourth-order valence-electron chi connectivity index (χ4n) is 3.80. The zero-order valence-corrected chi connectivity index (χ0v) is 22.3. The van der Waals surface area contributed by atoms with Gasteiger partial charge in [0.05, 0.1) is 11.4 Å². The maximum atomic E-state index is 13.3. The molecule has 10 heteroatoms. The Hall–Kier alpha value is -4.21. The van der Waals surface area contributed by atoms with Crippen LogP contribution >= 0.6 is 23.4 Å². The van der Waals surface area contributed by atoms with Crippen LogP contribution in [-0.2, 0) is 5.75 Å². The van der Waals surface area contributed by atoms with Crippen molar-refractivity contribution in [2.24, 2.45) is 0 Å². The Balaban J connectivity index is 1.38. The summed E-state index contributed by atoms with van der Waals surface area (Å²) in [5, 5.41) is 16.0. The number of hydrogen-bond acceptors (Lipinski definition) is 7. The van der Waals surface area contributed by atoms with Gasteiger partial charge in [-0.2, -0.15) is 0 Å². The molecule has 0 spiro atoms. The standard InChI is InChI=1S/C28H24ClN7OS/c1-18-16-19(2)31-28(30-18)38-17-25-26(34-35-36(25)24-14-8-20(29)9-15-24)27(37)33-23-12-10-22(11-13-23)32-21-6-4-3-5-7-21/h3-16,32H,17H2,1-2H3,(H,33,37). The van der Waals surface area contributed by atoms with Gasteiger partial charge in [0.25, 0.3) is 5.91 Å². The van der Waals surface area contributed by atoms with Crippen molar-refractivity contribution < 1.29 is 4.79 Å². The molecule has 190 valence electrons. The van der Waals surface area contributed by atoms with Crippen LogP contribution in [0.1, 0.15) is 27.6 Å². The van der Waals surface area contributed by atoms with Gasteiger partial charge in [-0.15, -0.1) is 5.10 Å². The summed E-state index contributed by atoms with van der Waals surface area (Å²) >= 11 is 7.50. The Morgan fingerprint density at radius 2 is 1.50 bits per heavy atom. The number of nitrogens with zero attached hydrogens (tertiary/aromatic N) is 5. The molecule has 5 aromatic rings. The molecule has 0 atom stereocenters. The van der Waals surface area contributed by atoms with Gasteiger partial charge in [0.15, 0.2) is 10.9 Å². The van der Waals surface area contributed by atoms with Crippen molar-refractivity contribution in [1.82, 2.24) is 25.0 Å². The van der Waals surface area contributed by atoms with Gasteiger partial charge in [-0.25, -0.2) is 14.6 Å². The van der Waals surface area contributed by atoms with Crippen LogP contribution in [0.15, 0.2) is 90.1 Å². The maximum Gasteiger partial charge on any atom is 0.278 e. The summed E-state index contributed by atoms with van der Waals surface area (Å²) < 4.78 is 1.65. The minimum atomic E-state index is -0.356. The van der Waals surface area contributed by atoms with E-state index in [1.165, 1.54) is 11.8 Å². The molecule has 3 aromatic carbocycles. The first-order valence-electron chi connectivity index (χ1n) is 11.8. The van der Waals surface area contributed by atoms with Gasteiger partial charge >= 0.3 is 0 Å². The molecule has 0 fully saturated rings. The van der Waals surface area contributed by atoms with Crippen LogP contribution in [0.2, 0.25) is 5.02 Å². The van der Waals surface area contributed by atoms with E-state index in [0.717, 1.165) is 28.5 Å². The van der Waals surface area contributed by atoms with Crippen molar-refractivity contribution in [3.63, 3.8) is 0 Å². The Bertz CT molecular complexity index is 1530. The molecule has 0 aliphatic heterocycles. The lowest BCUT2D eigenvalue weighted by atomic mass is 10.2. The summed E-state index contributed by atoms with van der Waals surface area (Å²) in [4.78, 5) is 22.3. The van der Waals surface area contributed by atoms with Crippen molar-refractivity contribution in [1.29, 1.82) is 0 Å². The molecule has 0 unspecified atom stereocenters. The first-order chi connectivity index (χ1) is 18.4. The van der Waals surface area contributed by atoms with Crippen LogP contribution in [0.5, 0.6) is 0 Å². The smallest absolute Gasteiger partial charge is 0.278 e. The number of carbonyl (C=O) groups excluding carboxylic acids is 1. The summed E-state index contributed by atoms with van der Waals surface area (Å²) in [6.45, 7) is 3.86. The minimum absolute atomic E-state index is 0.225. The molecule has 0 aliphatic rings. The molecule has 38 heavy (non-hydrogen) atoms. The Morgan fingerprint density at radius 3 is 2.18 bits per heavy atom. The SMILES string of the molecule is Cc1cc(C)nc(SCc2c(C(=O)Nc3ccc(Nc4ccccc4)cc3)nnn2-c2ccc(Cl)cc2)n1. The number of para-hydroxylation sites is 1. The molecule has 0 bridgehead atoms. The predicted molar refractivity (Wildman–Crippen MR) is 152 cm³/mol. The van der Waals surface area contributed by atoms with Crippen LogP contribution in [0.3, 0.4) is 0 Å². The summed E-state index contributed by atoms with van der Waals surface area (Å²) in [6.07, 6.45) is 0. The lowest BCUT2D eigenvalue weighted by Gasteiger charge is -2.10. The number of benzene rings is 3. The molecule has 2 heterocycles. The third-order valence-electron chi connectivity index (χ3n) is 5.55. The van der Waals surface area contributed by atoms with Crippen molar-refractivity contribution in [2.45, 2.75) is 24.8 Å². The molecule has 2 N–H and O–H groups in total. The fraction of sp³-hybridized carbons (Fsp3) is 0.107. The normalized spacial score (nSPS) is 10.8. The van der Waals surface area contributed by atoms with E-state index < -0.39 is 0 Å². The maximum absolute atomic E-state index is 13.3. The molecule has 0 saturated heterocycles. The van der Waals surface area contributed by atoms with E-state index in [1.807, 2.05) is 86.6 Å². The average molecular weight is 542 g/mol. The van der Waals surface area contributed by atoms with Gasteiger partial charge in [0.1, 0.15) is 0 Å². The van der Waals surface area contributed by atoms with Gasteiger partial charge in [0.2, 0.25) is 0 Å². The molecule has 2 aromatic heterocycles. The number of thioether (sulfide) groups is 1. The topological polar surface area (TPSA) is 97.6 Å². The molecule has 0 aliphatic carbocycles. The van der Waals surface area contributed by atoms with Crippen LogP contribution in [0, 0.1) is 13.8 Å². The number of aryl methyl sites for hydroxylation is 2. The first kappa shape index (κ1) is 25.4. The number of rotatable bonds is 8. The van der Waals surface area contributed by atoms with Crippen LogP contribution in [0.4, 0.5) is 17.1 Å². The van der Waals surface area contributed by atoms with Gasteiger partial charge in [-0.3, -0.25) is 4.79 Å². The predicted octanol–water partition coefficient (Wildman–Crippen LogP) is 6.62. The van der Waals surface area contributed by atoms with E-state index in [4.69, 9.17) is 11.6 Å². The van der Waals surface area contributed by atoms with Crippen molar-refractivity contribution in [3.8, 4) is 5.69 Å². The van der Waals surface area contributed by atoms with E-state index in [1.54, 1.807) is 16.8 Å². The summed E-state index contributed by atoms with van der Waals surface area (Å²) in [5.74, 6) is 0.0345. The van der Waals surface area contributed by atoms with Crippen LogP contribution in [-0.4, -0.2) is 30.9 Å². The van der Waals surface area contributed by atoms with E-state index in [-0.39, 0.29) is 11.6 Å². The van der Waals surface area contributed by atoms with Crippen LogP contribution < -0.4 is 10.6 Å². The van der Waals surface area contributed by atoms with E-state index in [2.05, 4.69) is 30.9 Å². The number of amides is 1. The van der Waals surface area contributed by atoms with Gasteiger partial charge in [0, 0.05) is 39.2 Å². The van der Waals surface area contributed by atoms with E-state index >= 15 is 0 Å². The monoisotopic (exact) mass is 541 g/mol. The van der Waals surface area contributed by atoms with Gasteiger partial charge in [-0.05, 0) is 80.6 Å². The highest BCUT2D eigenvalue weighted by atomic mass is 35.5. The molecular weight excluding hydrogens is 518 g/mol. The number of carbonyl (C=O) groups is 1. The molecule has 1 amide bonds. The lowest BCUT2D eigenvalue weighted by Crippen LogP contribution is -2.15. The van der Waals surface area contributed by atoms with Crippen molar-refractivity contribution >= 4 is 46.3 Å². The summed E-state index contributed by atoms with van der Waals surface area (Å²) in [5.41, 5.74) is 5.90. The third-order valence-corrected chi connectivity index (χ3v) is 6.66. The van der Waals surface area contributed by atoms with Gasteiger partial charge < -0.3 is 10.6 Å². The highest BCUT2D eigenvalue weighted by Crippen LogP contribution is 2.25. The summed E-state index contributed by atoms with van der Waals surface area (Å²) in [7, 11) is 0. The number of nitrogens with one attached hydrogen (secondary N) is 2. The molecule has 5 rings (SSSR count). The minimum Gasteiger partial charge on any atom is -0.356 e. The number of halogens is 1. The zero-order chi connectivity index (χ0) is 26.5. The zero-order valence-electron chi connectivity index (χ0n) is 20.7. The lowest BCUT2D eigenvalue weighted by molar-refractivity contribution is 0.102. The highest BCUT2D eigenvalue weighted by molar-refractivity contribution is 7.98. The fourth-order valence-corrected chi connectivity index (χ4v) is 4.87. The quantitative estimate of drug-likeness (QED) is 0.168. The van der Waals surface area contributed by atoms with Crippen molar-refractivity contribution in [2.75, 3.05) is 10.6 Å². The number of hydrogen-bond donors (Lipinski definition) is 2. The van der Waals surface area contributed by atoms with E-state index in [0.29, 0.717) is 27.3 Å². The number of anilines is 3. The van der Waals surface area contributed by atoms with E-state index in [9.17, 15) is 4.79 Å². The Kier molecular flexibility index (Phi) is 7.67. The molecule has 0 saturated carbocycles.